The average molecular weight is 548 g/mol. The minimum Gasteiger partial charge on any atom is -0.445 e. The maximum atomic E-state index is 13.0. The van der Waals surface area contributed by atoms with Crippen molar-refractivity contribution in [2.45, 2.75) is 70.4 Å². The van der Waals surface area contributed by atoms with Crippen molar-refractivity contribution in [3.63, 3.8) is 0 Å². The number of carbonyl (C=O) groups excluding carboxylic acids is 2. The summed E-state index contributed by atoms with van der Waals surface area (Å²) in [5.74, 6) is 0. The molecule has 3 atom stereocenters. The van der Waals surface area contributed by atoms with Crippen molar-refractivity contribution in [2.75, 3.05) is 13.2 Å². The lowest BCUT2D eigenvalue weighted by atomic mass is 9.97. The first-order valence-corrected chi connectivity index (χ1v) is 13.5. The Balaban J connectivity index is 1.71. The number of piperidine rings is 1. The van der Waals surface area contributed by atoms with E-state index < -0.39 is 5.60 Å². The summed E-state index contributed by atoms with van der Waals surface area (Å²) in [6, 6.07) is 9.31. The second kappa shape index (κ2) is 10.4. The lowest BCUT2D eigenvalue weighted by Gasteiger charge is -2.39. The molecule has 0 aromatic heterocycles. The van der Waals surface area contributed by atoms with Crippen molar-refractivity contribution >= 4 is 42.6 Å². The average Bonchev–Trinajstić information content (AvgIpc) is 3.08. The maximum absolute atomic E-state index is 13.0. The number of amides is 2. The van der Waals surface area contributed by atoms with Crippen LogP contribution in [0.1, 0.15) is 45.6 Å². The van der Waals surface area contributed by atoms with Crippen LogP contribution in [0, 0.1) is 0 Å². The van der Waals surface area contributed by atoms with Gasteiger partial charge in [0.05, 0.1) is 33.9 Å². The third kappa shape index (κ3) is 5.94. The van der Waals surface area contributed by atoms with Crippen LogP contribution in [0.2, 0.25) is 0 Å². The Bertz CT molecular complexity index is 730. The van der Waals surface area contributed by atoms with Gasteiger partial charge in [0.25, 0.3) is 0 Å². The number of halogens is 1. The number of benzene rings is 1. The van der Waals surface area contributed by atoms with Crippen LogP contribution >= 0.6 is 30.4 Å². The maximum Gasteiger partial charge on any atom is 0.410 e. The molecule has 0 bridgehead atoms. The second-order valence-electron chi connectivity index (χ2n) is 8.64. The minimum atomic E-state index is -0.582. The van der Waals surface area contributed by atoms with Crippen molar-refractivity contribution in [3.8, 4) is 0 Å². The summed E-state index contributed by atoms with van der Waals surface area (Å²) in [5.41, 5.74) is 0.369. The first-order chi connectivity index (χ1) is 14.3. The molecule has 1 aromatic carbocycles. The number of nitrogens with zero attached hydrogens (tertiary/aromatic N) is 2. The van der Waals surface area contributed by atoms with E-state index >= 15 is 0 Å². The summed E-state index contributed by atoms with van der Waals surface area (Å²) in [6.45, 7) is 6.84. The summed E-state index contributed by atoms with van der Waals surface area (Å²) >= 11 is 2.07. The van der Waals surface area contributed by atoms with Crippen LogP contribution in [-0.4, -0.2) is 58.9 Å². The van der Waals surface area contributed by atoms with Gasteiger partial charge in [-0.1, -0.05) is 30.3 Å². The van der Waals surface area contributed by atoms with Crippen molar-refractivity contribution < 1.29 is 23.2 Å². The molecule has 30 heavy (non-hydrogen) atoms. The number of hydrogen-bond acceptors (Lipinski definition) is 6. The van der Waals surface area contributed by atoms with Gasteiger partial charge in [0.15, 0.2) is 0 Å². The number of rotatable bonds is 5. The number of fused-ring (bicyclic) bond motifs is 1. The highest BCUT2D eigenvalue weighted by molar-refractivity contribution is 14.2. The Kier molecular flexibility index (Phi) is 8.14. The zero-order chi connectivity index (χ0) is 21.7. The molecule has 2 aliphatic heterocycles. The molecule has 2 saturated heterocycles. The number of likely N-dealkylation sites (tertiary alicyclic amines) is 2. The lowest BCUT2D eigenvalue weighted by molar-refractivity contribution is 0.00147. The van der Waals surface area contributed by atoms with Gasteiger partial charge in [-0.3, -0.25) is 4.90 Å². The Morgan fingerprint density at radius 1 is 1.17 bits per heavy atom. The van der Waals surface area contributed by atoms with E-state index in [1.807, 2.05) is 51.1 Å². The number of ether oxygens (including phenoxy) is 2. The molecule has 166 valence electrons. The summed E-state index contributed by atoms with van der Waals surface area (Å²) in [4.78, 5) is 29.4. The highest BCUT2D eigenvalue weighted by atomic mass is 127. The normalized spacial score (nSPS) is 23.8. The summed E-state index contributed by atoms with van der Waals surface area (Å²) < 4.78 is 16.8. The van der Waals surface area contributed by atoms with Crippen LogP contribution in [0.15, 0.2) is 30.3 Å². The van der Waals surface area contributed by atoms with Crippen LogP contribution in [0.4, 0.5) is 9.59 Å². The van der Waals surface area contributed by atoms with Crippen LogP contribution in [0.5, 0.6) is 0 Å². The van der Waals surface area contributed by atoms with E-state index in [0.29, 0.717) is 19.6 Å². The summed E-state index contributed by atoms with van der Waals surface area (Å²) in [6.07, 6.45) is 1.63. The molecule has 2 aliphatic rings. The monoisotopic (exact) mass is 548 g/mol. The SMILES string of the molecule is CC(C)(C)OC(=O)N1C(COSI)CC2C1CCCN2C(=O)OCc1ccccc1. The third-order valence-corrected chi connectivity index (χ3v) is 6.34. The molecule has 0 radical (unpaired) electrons. The van der Waals surface area contributed by atoms with Gasteiger partial charge in [0.1, 0.15) is 12.2 Å². The van der Waals surface area contributed by atoms with Gasteiger partial charge >= 0.3 is 12.2 Å². The van der Waals surface area contributed by atoms with E-state index in [4.69, 9.17) is 13.7 Å². The molecule has 2 heterocycles. The minimum absolute atomic E-state index is 0.0920. The quantitative estimate of drug-likeness (QED) is 0.373. The zero-order valence-corrected chi connectivity index (χ0v) is 20.6. The van der Waals surface area contributed by atoms with E-state index in [1.54, 1.807) is 9.80 Å². The number of carbonyl (C=O) groups is 2. The molecule has 2 amide bonds. The number of hydrogen-bond donors (Lipinski definition) is 0. The van der Waals surface area contributed by atoms with Crippen LogP contribution < -0.4 is 0 Å². The van der Waals surface area contributed by atoms with Crippen molar-refractivity contribution in [3.05, 3.63) is 35.9 Å². The lowest BCUT2D eigenvalue weighted by Crippen LogP contribution is -2.54. The smallest absolute Gasteiger partial charge is 0.410 e. The molecule has 2 fully saturated rings. The van der Waals surface area contributed by atoms with Crippen LogP contribution in [0.3, 0.4) is 0 Å². The third-order valence-electron chi connectivity index (χ3n) is 5.36. The molecular formula is C21H29IN2O5S. The fraction of sp³-hybridized carbons (Fsp3) is 0.619. The topological polar surface area (TPSA) is 68.3 Å². The van der Waals surface area contributed by atoms with Gasteiger partial charge in [-0.05, 0) is 45.6 Å². The highest BCUT2D eigenvalue weighted by Gasteiger charge is 2.50. The largest absolute Gasteiger partial charge is 0.445 e. The zero-order valence-electron chi connectivity index (χ0n) is 17.6. The molecule has 0 saturated carbocycles. The molecule has 1 aromatic rings. The summed E-state index contributed by atoms with van der Waals surface area (Å²) in [5, 5.41) is 0. The van der Waals surface area contributed by atoms with Gasteiger partial charge in [-0.2, -0.15) is 0 Å². The van der Waals surface area contributed by atoms with Gasteiger partial charge < -0.3 is 18.6 Å². The van der Waals surface area contributed by atoms with Gasteiger partial charge in [-0.25, -0.2) is 9.59 Å². The molecule has 0 spiro atoms. The van der Waals surface area contributed by atoms with E-state index in [2.05, 4.69) is 21.2 Å². The van der Waals surface area contributed by atoms with Gasteiger partial charge in [0, 0.05) is 27.8 Å². The molecule has 3 unspecified atom stereocenters. The van der Waals surface area contributed by atoms with Crippen molar-refractivity contribution in [2.24, 2.45) is 0 Å². The van der Waals surface area contributed by atoms with Crippen molar-refractivity contribution in [1.29, 1.82) is 0 Å². The molecule has 9 heteroatoms. The Morgan fingerprint density at radius 2 is 1.90 bits per heavy atom. The first-order valence-electron chi connectivity index (χ1n) is 10.2. The molecule has 3 rings (SSSR count). The molecule has 7 nitrogen and oxygen atoms in total. The Hall–Kier alpha value is -1.20. The molecular weight excluding hydrogens is 519 g/mol. The van der Waals surface area contributed by atoms with Crippen LogP contribution in [-0.2, 0) is 20.3 Å². The van der Waals surface area contributed by atoms with E-state index in [-0.39, 0.29) is 36.9 Å². The fourth-order valence-corrected chi connectivity index (χ4v) is 4.84. The van der Waals surface area contributed by atoms with E-state index in [9.17, 15) is 9.59 Å². The molecule has 0 aliphatic carbocycles. The van der Waals surface area contributed by atoms with Crippen molar-refractivity contribution in [1.82, 2.24) is 9.80 Å². The predicted molar refractivity (Wildman–Crippen MR) is 124 cm³/mol. The van der Waals surface area contributed by atoms with Gasteiger partial charge in [0.2, 0.25) is 0 Å². The summed E-state index contributed by atoms with van der Waals surface area (Å²) in [7, 11) is 1.25. The van der Waals surface area contributed by atoms with Gasteiger partial charge in [-0.15, -0.1) is 0 Å². The van der Waals surface area contributed by atoms with Crippen LogP contribution in [0.25, 0.3) is 0 Å². The van der Waals surface area contributed by atoms with E-state index in [1.165, 1.54) is 9.21 Å². The Morgan fingerprint density at radius 3 is 2.57 bits per heavy atom. The standard InChI is InChI=1S/C21H29IN2O5S/c1-21(2,3)29-20(26)24-16(14-28-30-22)12-18-17(24)10-7-11-23(18)19(25)27-13-15-8-5-4-6-9-15/h4-6,8-9,16-18H,7,10-14H2,1-3H3. The molecule has 0 N–H and O–H groups in total. The first kappa shape index (κ1) is 23.5. The fourth-order valence-electron chi connectivity index (χ4n) is 4.19. The van der Waals surface area contributed by atoms with E-state index in [0.717, 1.165) is 18.4 Å². The highest BCUT2D eigenvalue weighted by Crippen LogP contribution is 2.37. The second-order valence-corrected chi connectivity index (χ2v) is 10.1. The Labute approximate surface area is 194 Å². The predicted octanol–water partition coefficient (Wildman–Crippen LogP) is 5.18.